The van der Waals surface area contributed by atoms with E-state index in [0.29, 0.717) is 5.92 Å². The van der Waals surface area contributed by atoms with Crippen molar-refractivity contribution in [1.82, 2.24) is 14.5 Å². The first kappa shape index (κ1) is 15.7. The van der Waals surface area contributed by atoms with Crippen LogP contribution in [0.2, 0.25) is 0 Å². The van der Waals surface area contributed by atoms with Crippen LogP contribution in [0.1, 0.15) is 17.5 Å². The highest BCUT2D eigenvalue weighted by Crippen LogP contribution is 2.19. The van der Waals surface area contributed by atoms with Gasteiger partial charge in [0.25, 0.3) is 5.56 Å². The number of hydrogen-bond acceptors (Lipinski definition) is 4. The van der Waals surface area contributed by atoms with Crippen LogP contribution in [0.4, 0.5) is 5.82 Å². The molecule has 5 nitrogen and oxygen atoms in total. The van der Waals surface area contributed by atoms with E-state index in [1.807, 2.05) is 31.5 Å². The lowest BCUT2D eigenvalue weighted by Gasteiger charge is -2.16. The zero-order chi connectivity index (χ0) is 16.2. The highest BCUT2D eigenvalue weighted by Gasteiger charge is 2.22. The van der Waals surface area contributed by atoms with Crippen LogP contribution in [0.15, 0.2) is 41.5 Å². The van der Waals surface area contributed by atoms with Crippen LogP contribution in [0, 0.1) is 12.8 Å². The van der Waals surface area contributed by atoms with Gasteiger partial charge in [0.05, 0.1) is 0 Å². The van der Waals surface area contributed by atoms with Gasteiger partial charge in [-0.15, -0.1) is 0 Å². The van der Waals surface area contributed by atoms with Gasteiger partial charge in [0.2, 0.25) is 0 Å². The summed E-state index contributed by atoms with van der Waals surface area (Å²) in [7, 11) is 1.78. The molecule has 3 heterocycles. The monoisotopic (exact) mass is 312 g/mol. The van der Waals surface area contributed by atoms with Gasteiger partial charge in [0.1, 0.15) is 5.82 Å². The fraction of sp³-hybridized carbons (Fsp3) is 0.444. The molecule has 0 aliphatic carbocycles. The fourth-order valence-corrected chi connectivity index (χ4v) is 2.99. The summed E-state index contributed by atoms with van der Waals surface area (Å²) in [5, 5.41) is 3.42. The van der Waals surface area contributed by atoms with E-state index in [1.54, 1.807) is 17.7 Å². The Morgan fingerprint density at radius 2 is 2.22 bits per heavy atom. The van der Waals surface area contributed by atoms with Gasteiger partial charge < -0.3 is 9.88 Å². The van der Waals surface area contributed by atoms with Crippen molar-refractivity contribution in [2.75, 3.05) is 25.0 Å². The van der Waals surface area contributed by atoms with Crippen molar-refractivity contribution in [2.24, 2.45) is 13.0 Å². The minimum atomic E-state index is 0.0605. The topological polar surface area (TPSA) is 50.2 Å². The van der Waals surface area contributed by atoms with Gasteiger partial charge in [0.15, 0.2) is 0 Å². The third kappa shape index (κ3) is 4.20. The van der Waals surface area contributed by atoms with Gasteiger partial charge in [-0.3, -0.25) is 9.69 Å². The van der Waals surface area contributed by atoms with Crippen LogP contribution in [0.25, 0.3) is 0 Å². The van der Waals surface area contributed by atoms with E-state index < -0.39 is 0 Å². The summed E-state index contributed by atoms with van der Waals surface area (Å²) < 4.78 is 1.61. The largest absolute Gasteiger partial charge is 0.370 e. The minimum Gasteiger partial charge on any atom is -0.370 e. The second-order valence-electron chi connectivity index (χ2n) is 6.48. The molecule has 0 aromatic carbocycles. The molecule has 122 valence electrons. The molecule has 2 aromatic heterocycles. The lowest BCUT2D eigenvalue weighted by molar-refractivity contribution is 0.318. The van der Waals surface area contributed by atoms with E-state index in [9.17, 15) is 4.79 Å². The molecule has 0 spiro atoms. The third-order valence-corrected chi connectivity index (χ3v) is 4.43. The predicted molar refractivity (Wildman–Crippen MR) is 92.5 cm³/mol. The maximum Gasteiger partial charge on any atom is 0.250 e. The lowest BCUT2D eigenvalue weighted by atomic mass is 10.1. The molecule has 1 N–H and O–H groups in total. The number of nitrogens with zero attached hydrogens (tertiary/aromatic N) is 3. The Morgan fingerprint density at radius 1 is 1.35 bits per heavy atom. The molecule has 0 radical (unpaired) electrons. The van der Waals surface area contributed by atoms with Crippen LogP contribution in [-0.4, -0.2) is 34.1 Å². The van der Waals surface area contributed by atoms with E-state index in [-0.39, 0.29) is 5.56 Å². The first-order valence-corrected chi connectivity index (χ1v) is 8.14. The summed E-state index contributed by atoms with van der Waals surface area (Å²) in [6.45, 7) is 6.00. The predicted octanol–water partition coefficient (Wildman–Crippen LogP) is 2.02. The molecule has 1 unspecified atom stereocenters. The van der Waals surface area contributed by atoms with Crippen LogP contribution >= 0.6 is 0 Å². The Hall–Kier alpha value is -2.14. The van der Waals surface area contributed by atoms with Gasteiger partial charge in [-0.2, -0.15) is 0 Å². The zero-order valence-corrected chi connectivity index (χ0v) is 13.8. The van der Waals surface area contributed by atoms with Crippen molar-refractivity contribution in [1.29, 1.82) is 0 Å². The van der Waals surface area contributed by atoms with E-state index in [0.717, 1.165) is 37.6 Å². The van der Waals surface area contributed by atoms with E-state index >= 15 is 0 Å². The molecular formula is C18H24N4O. The summed E-state index contributed by atoms with van der Waals surface area (Å²) >= 11 is 0. The Bertz CT molecular complexity index is 708. The molecule has 2 aromatic rings. The van der Waals surface area contributed by atoms with Crippen LogP contribution in [-0.2, 0) is 13.6 Å². The average molecular weight is 312 g/mol. The maximum absolute atomic E-state index is 11.7. The molecule has 0 bridgehead atoms. The summed E-state index contributed by atoms with van der Waals surface area (Å²) in [6, 6.07) is 7.87. The van der Waals surface area contributed by atoms with Crippen molar-refractivity contribution >= 4 is 5.82 Å². The van der Waals surface area contributed by atoms with Crippen molar-refractivity contribution in [3.05, 3.63) is 58.1 Å². The zero-order valence-electron chi connectivity index (χ0n) is 13.8. The number of aryl methyl sites for hydroxylation is 2. The number of likely N-dealkylation sites (tertiary alicyclic amines) is 1. The molecule has 5 heteroatoms. The lowest BCUT2D eigenvalue weighted by Crippen LogP contribution is -2.24. The Balaban J connectivity index is 1.49. The van der Waals surface area contributed by atoms with Crippen molar-refractivity contribution < 1.29 is 0 Å². The standard InChI is InChI=1S/C18H24N4O/c1-14-3-4-17(19-10-14)20-11-16-6-8-22(13-16)12-15-5-7-21(2)18(23)9-15/h3-5,7,9-10,16H,6,8,11-13H2,1-2H3,(H,19,20). The number of nitrogens with one attached hydrogen (secondary N) is 1. The molecule has 0 amide bonds. The van der Waals surface area contributed by atoms with E-state index in [4.69, 9.17) is 0 Å². The average Bonchev–Trinajstić information content (AvgIpc) is 2.98. The van der Waals surface area contributed by atoms with Gasteiger partial charge in [-0.25, -0.2) is 4.98 Å². The number of anilines is 1. The molecule has 1 saturated heterocycles. The molecular weight excluding hydrogens is 288 g/mol. The fourth-order valence-electron chi connectivity index (χ4n) is 2.99. The molecule has 0 saturated carbocycles. The highest BCUT2D eigenvalue weighted by molar-refractivity contribution is 5.35. The van der Waals surface area contributed by atoms with Crippen molar-refractivity contribution in [2.45, 2.75) is 19.9 Å². The first-order chi connectivity index (χ1) is 11.1. The summed E-state index contributed by atoms with van der Waals surface area (Å²) in [5.41, 5.74) is 2.34. The smallest absolute Gasteiger partial charge is 0.250 e. The normalized spacial score (nSPS) is 18.3. The number of pyridine rings is 2. The molecule has 23 heavy (non-hydrogen) atoms. The second-order valence-corrected chi connectivity index (χ2v) is 6.48. The van der Waals surface area contributed by atoms with Gasteiger partial charge in [-0.1, -0.05) is 6.07 Å². The Morgan fingerprint density at radius 3 is 2.96 bits per heavy atom. The summed E-state index contributed by atoms with van der Waals surface area (Å²) in [4.78, 5) is 18.5. The molecule has 1 aliphatic heterocycles. The van der Waals surface area contributed by atoms with Crippen molar-refractivity contribution in [3.8, 4) is 0 Å². The van der Waals surface area contributed by atoms with Gasteiger partial charge in [-0.05, 0) is 49.1 Å². The molecule has 1 aliphatic rings. The van der Waals surface area contributed by atoms with Crippen LogP contribution in [0.3, 0.4) is 0 Å². The number of hydrogen-bond donors (Lipinski definition) is 1. The Labute approximate surface area is 137 Å². The van der Waals surface area contributed by atoms with Gasteiger partial charge >= 0.3 is 0 Å². The van der Waals surface area contributed by atoms with Crippen LogP contribution in [0.5, 0.6) is 0 Å². The van der Waals surface area contributed by atoms with E-state index in [1.165, 1.54) is 12.0 Å². The highest BCUT2D eigenvalue weighted by atomic mass is 16.1. The van der Waals surface area contributed by atoms with Crippen LogP contribution < -0.4 is 10.9 Å². The SMILES string of the molecule is Cc1ccc(NCC2CCN(Cc3ccn(C)c(=O)c3)C2)nc1. The number of aromatic nitrogens is 2. The van der Waals surface area contributed by atoms with E-state index in [2.05, 4.69) is 21.3 Å². The number of rotatable bonds is 5. The maximum atomic E-state index is 11.7. The van der Waals surface area contributed by atoms with Gasteiger partial charge in [0, 0.05) is 45.1 Å². The Kier molecular flexibility index (Phi) is 4.76. The second kappa shape index (κ2) is 6.96. The molecule has 1 fully saturated rings. The minimum absolute atomic E-state index is 0.0605. The molecule has 1 atom stereocenters. The summed E-state index contributed by atoms with van der Waals surface area (Å²) in [5.74, 6) is 1.57. The third-order valence-electron chi connectivity index (χ3n) is 4.43. The van der Waals surface area contributed by atoms with Crippen molar-refractivity contribution in [3.63, 3.8) is 0 Å². The summed E-state index contributed by atoms with van der Waals surface area (Å²) in [6.07, 6.45) is 4.92. The first-order valence-electron chi connectivity index (χ1n) is 8.14. The quantitative estimate of drug-likeness (QED) is 0.918. The molecule has 3 rings (SSSR count).